The summed E-state index contributed by atoms with van der Waals surface area (Å²) in [4.78, 5) is 11.4. The third kappa shape index (κ3) is 4.54. The third-order valence-electron chi connectivity index (χ3n) is 4.02. The zero-order chi connectivity index (χ0) is 15.2. The molecule has 1 fully saturated rings. The van der Waals surface area contributed by atoms with Crippen LogP contribution in [0.3, 0.4) is 0 Å². The minimum absolute atomic E-state index is 0.449. The zero-order valence-electron chi connectivity index (χ0n) is 13.5. The van der Waals surface area contributed by atoms with Gasteiger partial charge in [-0.3, -0.25) is 0 Å². The molecule has 1 aliphatic rings. The van der Waals surface area contributed by atoms with Crippen LogP contribution in [-0.4, -0.2) is 54.2 Å². The maximum absolute atomic E-state index is 5.41. The molecule has 0 bridgehead atoms. The second kappa shape index (κ2) is 7.56. The Balaban J connectivity index is 2.04. The van der Waals surface area contributed by atoms with E-state index in [1.54, 1.807) is 0 Å². The van der Waals surface area contributed by atoms with E-state index in [-0.39, 0.29) is 0 Å². The maximum atomic E-state index is 5.41. The van der Waals surface area contributed by atoms with Crippen LogP contribution >= 0.6 is 0 Å². The minimum atomic E-state index is 0.449. The summed E-state index contributed by atoms with van der Waals surface area (Å²) in [5, 5.41) is 6.63. The molecule has 0 aliphatic carbocycles. The molecule has 6 heteroatoms. The fourth-order valence-corrected chi connectivity index (χ4v) is 2.59. The molecule has 2 N–H and O–H groups in total. The van der Waals surface area contributed by atoms with E-state index < -0.39 is 0 Å². The van der Waals surface area contributed by atoms with Gasteiger partial charge < -0.3 is 20.3 Å². The molecule has 118 valence electrons. The summed E-state index contributed by atoms with van der Waals surface area (Å²) in [5.74, 6) is 2.42. The molecule has 0 amide bonds. The van der Waals surface area contributed by atoms with Gasteiger partial charge in [0.1, 0.15) is 18.2 Å². The molecular weight excluding hydrogens is 266 g/mol. The van der Waals surface area contributed by atoms with E-state index in [0.717, 1.165) is 31.0 Å². The van der Waals surface area contributed by atoms with Crippen molar-refractivity contribution in [2.24, 2.45) is 0 Å². The highest BCUT2D eigenvalue weighted by Gasteiger charge is 2.23. The Morgan fingerprint density at radius 1 is 1.38 bits per heavy atom. The summed E-state index contributed by atoms with van der Waals surface area (Å²) in [6.07, 6.45) is 2.27. The van der Waals surface area contributed by atoms with Gasteiger partial charge in [0.2, 0.25) is 0 Å². The number of ether oxygens (including phenoxy) is 1. The zero-order valence-corrected chi connectivity index (χ0v) is 13.5. The molecule has 6 nitrogen and oxygen atoms in total. The first kappa shape index (κ1) is 16.0. The Morgan fingerprint density at radius 2 is 2.14 bits per heavy atom. The number of hydrogen-bond acceptors (Lipinski definition) is 6. The van der Waals surface area contributed by atoms with Crippen molar-refractivity contribution < 1.29 is 4.74 Å². The largest absolute Gasteiger partial charge is 0.374 e. The predicted molar refractivity (Wildman–Crippen MR) is 85.6 cm³/mol. The lowest BCUT2D eigenvalue weighted by Crippen LogP contribution is -2.42. The van der Waals surface area contributed by atoms with Crippen LogP contribution < -0.4 is 10.6 Å². The van der Waals surface area contributed by atoms with Crippen molar-refractivity contribution in [3.8, 4) is 0 Å². The lowest BCUT2D eigenvalue weighted by molar-refractivity contribution is 0.128. The molecule has 2 atom stereocenters. The molecule has 0 spiro atoms. The van der Waals surface area contributed by atoms with Crippen molar-refractivity contribution in [3.05, 3.63) is 11.9 Å². The number of hydrogen-bond donors (Lipinski definition) is 2. The van der Waals surface area contributed by atoms with E-state index in [2.05, 4.69) is 39.5 Å². The van der Waals surface area contributed by atoms with E-state index in [4.69, 9.17) is 4.74 Å². The molecular formula is C15H27N5O. The van der Waals surface area contributed by atoms with Crippen LogP contribution in [0.1, 0.15) is 32.5 Å². The SMILES string of the molecule is CCOCc1nc(NC)cc(NC2CCN(C)C(C)C2)n1. The summed E-state index contributed by atoms with van der Waals surface area (Å²) in [5.41, 5.74) is 0. The molecule has 1 aromatic rings. The first-order valence-electron chi connectivity index (χ1n) is 7.72. The molecule has 0 saturated carbocycles. The summed E-state index contributed by atoms with van der Waals surface area (Å²) in [6, 6.07) is 3.03. The monoisotopic (exact) mass is 293 g/mol. The van der Waals surface area contributed by atoms with E-state index >= 15 is 0 Å². The molecule has 1 saturated heterocycles. The van der Waals surface area contributed by atoms with Crippen LogP contribution in [0.4, 0.5) is 11.6 Å². The fraction of sp³-hybridized carbons (Fsp3) is 0.733. The van der Waals surface area contributed by atoms with Gasteiger partial charge in [-0.05, 0) is 33.7 Å². The Kier molecular flexibility index (Phi) is 5.76. The average molecular weight is 293 g/mol. The Labute approximate surface area is 127 Å². The second-order valence-electron chi connectivity index (χ2n) is 5.64. The predicted octanol–water partition coefficient (Wildman–Crippen LogP) is 1.95. The van der Waals surface area contributed by atoms with Crippen LogP contribution in [-0.2, 0) is 11.3 Å². The Morgan fingerprint density at radius 3 is 2.81 bits per heavy atom. The molecule has 1 aliphatic heterocycles. The standard InChI is InChI=1S/C15H27N5O/c1-5-21-10-15-18-13(16-3)9-14(19-15)17-12-6-7-20(4)11(2)8-12/h9,11-12H,5-8,10H2,1-4H3,(H2,16,17,18,19). The van der Waals surface area contributed by atoms with Crippen molar-refractivity contribution in [2.45, 2.75) is 45.4 Å². The summed E-state index contributed by atoms with van der Waals surface area (Å²) < 4.78 is 5.41. The van der Waals surface area contributed by atoms with Crippen molar-refractivity contribution in [2.75, 3.05) is 37.9 Å². The van der Waals surface area contributed by atoms with Crippen molar-refractivity contribution in [1.82, 2.24) is 14.9 Å². The molecule has 1 aromatic heterocycles. The number of likely N-dealkylation sites (tertiary alicyclic amines) is 1. The smallest absolute Gasteiger partial charge is 0.158 e. The number of anilines is 2. The molecule has 2 rings (SSSR count). The van der Waals surface area contributed by atoms with Gasteiger partial charge in [-0.15, -0.1) is 0 Å². The number of nitrogens with zero attached hydrogens (tertiary/aromatic N) is 3. The Bertz CT molecular complexity index is 454. The van der Waals surface area contributed by atoms with Crippen molar-refractivity contribution >= 4 is 11.6 Å². The highest BCUT2D eigenvalue weighted by Crippen LogP contribution is 2.20. The first-order chi connectivity index (χ1) is 10.1. The van der Waals surface area contributed by atoms with E-state index in [0.29, 0.717) is 31.1 Å². The molecule has 0 radical (unpaired) electrons. The Hall–Kier alpha value is -1.40. The summed E-state index contributed by atoms with van der Waals surface area (Å²) >= 11 is 0. The van der Waals surface area contributed by atoms with Crippen molar-refractivity contribution in [3.63, 3.8) is 0 Å². The van der Waals surface area contributed by atoms with Crippen LogP contribution in [0.2, 0.25) is 0 Å². The lowest BCUT2D eigenvalue weighted by Gasteiger charge is -2.35. The number of nitrogens with one attached hydrogen (secondary N) is 2. The van der Waals surface area contributed by atoms with Crippen LogP contribution in [0, 0.1) is 0 Å². The summed E-state index contributed by atoms with van der Waals surface area (Å²) in [6.45, 7) is 6.48. The van der Waals surface area contributed by atoms with E-state index in [1.165, 1.54) is 0 Å². The summed E-state index contributed by atoms with van der Waals surface area (Å²) in [7, 11) is 4.05. The van der Waals surface area contributed by atoms with E-state index in [9.17, 15) is 0 Å². The van der Waals surface area contributed by atoms with E-state index in [1.807, 2.05) is 20.0 Å². The quantitative estimate of drug-likeness (QED) is 0.836. The lowest BCUT2D eigenvalue weighted by atomic mass is 9.99. The van der Waals surface area contributed by atoms with Crippen LogP contribution in [0.25, 0.3) is 0 Å². The van der Waals surface area contributed by atoms with Crippen LogP contribution in [0.5, 0.6) is 0 Å². The first-order valence-corrected chi connectivity index (χ1v) is 7.72. The normalized spacial score (nSPS) is 23.0. The highest BCUT2D eigenvalue weighted by atomic mass is 16.5. The van der Waals surface area contributed by atoms with Crippen LogP contribution in [0.15, 0.2) is 6.07 Å². The molecule has 21 heavy (non-hydrogen) atoms. The number of rotatable bonds is 6. The van der Waals surface area contributed by atoms with Gasteiger partial charge in [0.15, 0.2) is 5.82 Å². The van der Waals surface area contributed by atoms with Gasteiger partial charge in [-0.25, -0.2) is 9.97 Å². The minimum Gasteiger partial charge on any atom is -0.374 e. The van der Waals surface area contributed by atoms with Gasteiger partial charge in [-0.2, -0.15) is 0 Å². The van der Waals surface area contributed by atoms with Gasteiger partial charge in [0.05, 0.1) is 0 Å². The molecule has 0 aromatic carbocycles. The molecule has 2 heterocycles. The van der Waals surface area contributed by atoms with Gasteiger partial charge in [0, 0.05) is 38.3 Å². The fourth-order valence-electron chi connectivity index (χ4n) is 2.59. The highest BCUT2D eigenvalue weighted by molar-refractivity contribution is 5.47. The average Bonchev–Trinajstić information content (AvgIpc) is 2.48. The topological polar surface area (TPSA) is 62.3 Å². The number of piperidine rings is 1. The number of aromatic nitrogens is 2. The maximum Gasteiger partial charge on any atom is 0.158 e. The second-order valence-corrected chi connectivity index (χ2v) is 5.64. The van der Waals surface area contributed by atoms with Gasteiger partial charge in [-0.1, -0.05) is 0 Å². The van der Waals surface area contributed by atoms with Crippen molar-refractivity contribution in [1.29, 1.82) is 0 Å². The van der Waals surface area contributed by atoms with Gasteiger partial charge in [0.25, 0.3) is 0 Å². The third-order valence-corrected chi connectivity index (χ3v) is 4.02. The van der Waals surface area contributed by atoms with Gasteiger partial charge >= 0.3 is 0 Å². The molecule has 2 unspecified atom stereocenters.